The highest BCUT2D eigenvalue weighted by Crippen LogP contribution is 2.39. The fourth-order valence-corrected chi connectivity index (χ4v) is 2.89. The Bertz CT molecular complexity index is 579. The molecule has 1 atom stereocenters. The lowest BCUT2D eigenvalue weighted by Gasteiger charge is -2.16. The molecule has 0 saturated heterocycles. The maximum atomic E-state index is 6.21. The number of nitrogens with one attached hydrogen (secondary N) is 1. The molecular formula is C14H16ClN3S. The number of hydrogen-bond donors (Lipinski definition) is 1. The minimum absolute atomic E-state index is 0.233. The molecule has 19 heavy (non-hydrogen) atoms. The van der Waals surface area contributed by atoms with Gasteiger partial charge in [0, 0.05) is 16.4 Å². The van der Waals surface area contributed by atoms with E-state index in [9.17, 15) is 0 Å². The second kappa shape index (κ2) is 5.10. The molecule has 2 heterocycles. The fraction of sp³-hybridized carbons (Fsp3) is 0.429. The van der Waals surface area contributed by atoms with E-state index in [0.717, 1.165) is 17.2 Å². The van der Waals surface area contributed by atoms with Gasteiger partial charge in [0.2, 0.25) is 0 Å². The molecular weight excluding hydrogens is 278 g/mol. The molecule has 1 fully saturated rings. The number of anilines is 1. The molecule has 3 rings (SSSR count). The van der Waals surface area contributed by atoms with Crippen molar-refractivity contribution in [3.05, 3.63) is 38.9 Å². The molecule has 0 spiro atoms. The van der Waals surface area contributed by atoms with Gasteiger partial charge in [0.05, 0.1) is 6.04 Å². The van der Waals surface area contributed by atoms with Gasteiger partial charge >= 0.3 is 0 Å². The van der Waals surface area contributed by atoms with Crippen molar-refractivity contribution in [3.8, 4) is 0 Å². The molecule has 0 aliphatic heterocycles. The van der Waals surface area contributed by atoms with Crippen molar-refractivity contribution in [1.82, 2.24) is 9.97 Å². The summed E-state index contributed by atoms with van der Waals surface area (Å²) in [7, 11) is 0. The molecule has 5 heteroatoms. The molecule has 3 nitrogen and oxygen atoms in total. The molecule has 1 aliphatic carbocycles. The predicted molar refractivity (Wildman–Crippen MR) is 80.1 cm³/mol. The highest BCUT2D eigenvalue weighted by Gasteiger charge is 2.28. The highest BCUT2D eigenvalue weighted by molar-refractivity contribution is 7.10. The van der Waals surface area contributed by atoms with Crippen LogP contribution in [-0.4, -0.2) is 9.97 Å². The van der Waals surface area contributed by atoms with E-state index in [-0.39, 0.29) is 6.04 Å². The lowest BCUT2D eigenvalue weighted by Crippen LogP contribution is -2.10. The largest absolute Gasteiger partial charge is 0.362 e. The van der Waals surface area contributed by atoms with Gasteiger partial charge in [-0.05, 0) is 38.1 Å². The van der Waals surface area contributed by atoms with E-state index in [1.54, 1.807) is 11.3 Å². The second-order valence-electron chi connectivity index (χ2n) is 5.00. The van der Waals surface area contributed by atoms with Crippen LogP contribution in [0, 0.1) is 6.92 Å². The van der Waals surface area contributed by atoms with Crippen LogP contribution in [0.5, 0.6) is 0 Å². The topological polar surface area (TPSA) is 37.8 Å². The average molecular weight is 294 g/mol. The molecule has 0 bridgehead atoms. The van der Waals surface area contributed by atoms with Crippen LogP contribution in [0.1, 0.15) is 48.0 Å². The molecule has 1 unspecified atom stereocenters. The first-order valence-electron chi connectivity index (χ1n) is 6.49. The third-order valence-electron chi connectivity index (χ3n) is 3.37. The van der Waals surface area contributed by atoms with Crippen molar-refractivity contribution in [2.45, 2.75) is 38.6 Å². The van der Waals surface area contributed by atoms with Crippen LogP contribution in [0.3, 0.4) is 0 Å². The Kier molecular flexibility index (Phi) is 3.46. The van der Waals surface area contributed by atoms with E-state index < -0.39 is 0 Å². The van der Waals surface area contributed by atoms with Crippen molar-refractivity contribution in [1.29, 1.82) is 0 Å². The van der Waals surface area contributed by atoms with Gasteiger partial charge in [0.15, 0.2) is 0 Å². The van der Waals surface area contributed by atoms with Gasteiger partial charge in [-0.25, -0.2) is 9.97 Å². The maximum Gasteiger partial charge on any atom is 0.137 e. The van der Waals surface area contributed by atoms with E-state index in [0.29, 0.717) is 11.1 Å². The number of hydrogen-bond acceptors (Lipinski definition) is 4. The minimum atomic E-state index is 0.233. The van der Waals surface area contributed by atoms with Gasteiger partial charge in [0.1, 0.15) is 16.8 Å². The standard InChI is InChI=1S/C14H16ClN3S/c1-8-12(15)17-14(10-5-6-10)18-13(8)16-9(2)11-4-3-7-19-11/h3-4,7,9-10H,5-6H2,1-2H3,(H,16,17,18). The maximum absolute atomic E-state index is 6.21. The number of rotatable bonds is 4. The molecule has 0 radical (unpaired) electrons. The first-order valence-corrected chi connectivity index (χ1v) is 7.75. The summed E-state index contributed by atoms with van der Waals surface area (Å²) in [6, 6.07) is 4.42. The zero-order valence-electron chi connectivity index (χ0n) is 11.0. The number of halogens is 1. The Morgan fingerprint density at radius 3 is 2.84 bits per heavy atom. The van der Waals surface area contributed by atoms with Gasteiger partial charge in [-0.3, -0.25) is 0 Å². The number of thiophene rings is 1. The molecule has 1 N–H and O–H groups in total. The monoisotopic (exact) mass is 293 g/mol. The van der Waals surface area contributed by atoms with Crippen LogP contribution in [-0.2, 0) is 0 Å². The second-order valence-corrected chi connectivity index (χ2v) is 6.34. The molecule has 0 aromatic carbocycles. The molecule has 2 aromatic rings. The summed E-state index contributed by atoms with van der Waals surface area (Å²) < 4.78 is 0. The van der Waals surface area contributed by atoms with Crippen molar-refractivity contribution < 1.29 is 0 Å². The number of nitrogens with zero attached hydrogens (tertiary/aromatic N) is 2. The summed E-state index contributed by atoms with van der Waals surface area (Å²) in [5.74, 6) is 2.26. The SMILES string of the molecule is Cc1c(Cl)nc(C2CC2)nc1NC(C)c1cccs1. The molecule has 1 aliphatic rings. The van der Waals surface area contributed by atoms with Crippen molar-refractivity contribution in [2.75, 3.05) is 5.32 Å². The molecule has 100 valence electrons. The van der Waals surface area contributed by atoms with Crippen LogP contribution in [0.25, 0.3) is 0 Å². The summed E-state index contributed by atoms with van der Waals surface area (Å²) in [6.45, 7) is 4.10. The van der Waals surface area contributed by atoms with Gasteiger partial charge in [-0.2, -0.15) is 0 Å². The molecule has 2 aromatic heterocycles. The summed E-state index contributed by atoms with van der Waals surface area (Å²) in [4.78, 5) is 10.3. The van der Waals surface area contributed by atoms with E-state index in [1.807, 2.05) is 6.92 Å². The Balaban J connectivity index is 1.87. The smallest absolute Gasteiger partial charge is 0.137 e. The summed E-state index contributed by atoms with van der Waals surface area (Å²) in [6.07, 6.45) is 2.36. The van der Waals surface area contributed by atoms with E-state index in [2.05, 4.69) is 39.7 Å². The van der Waals surface area contributed by atoms with Crippen LogP contribution < -0.4 is 5.32 Å². The summed E-state index contributed by atoms with van der Waals surface area (Å²) >= 11 is 7.95. The first-order chi connectivity index (χ1) is 9.15. The van der Waals surface area contributed by atoms with Crippen LogP contribution >= 0.6 is 22.9 Å². The van der Waals surface area contributed by atoms with Crippen molar-refractivity contribution in [3.63, 3.8) is 0 Å². The first kappa shape index (κ1) is 12.9. The predicted octanol–water partition coefficient (Wildman–Crippen LogP) is 4.55. The van der Waals surface area contributed by atoms with Crippen molar-refractivity contribution in [2.24, 2.45) is 0 Å². The van der Waals surface area contributed by atoms with E-state index >= 15 is 0 Å². The number of aromatic nitrogens is 2. The van der Waals surface area contributed by atoms with Gasteiger partial charge in [0.25, 0.3) is 0 Å². The summed E-state index contributed by atoms with van der Waals surface area (Å²) in [5, 5.41) is 6.10. The van der Waals surface area contributed by atoms with E-state index in [4.69, 9.17) is 11.6 Å². The minimum Gasteiger partial charge on any atom is -0.362 e. The van der Waals surface area contributed by atoms with Gasteiger partial charge in [-0.1, -0.05) is 17.7 Å². The lowest BCUT2D eigenvalue weighted by molar-refractivity contribution is 0.861. The third-order valence-corrected chi connectivity index (χ3v) is 4.79. The third kappa shape index (κ3) is 2.74. The van der Waals surface area contributed by atoms with Gasteiger partial charge in [-0.15, -0.1) is 11.3 Å². The highest BCUT2D eigenvalue weighted by atomic mass is 35.5. The Morgan fingerprint density at radius 2 is 2.21 bits per heavy atom. The normalized spacial score (nSPS) is 16.4. The molecule has 0 amide bonds. The zero-order chi connectivity index (χ0) is 13.4. The zero-order valence-corrected chi connectivity index (χ0v) is 12.6. The average Bonchev–Trinajstić information content (AvgIpc) is 3.09. The Morgan fingerprint density at radius 1 is 1.42 bits per heavy atom. The molecule has 1 saturated carbocycles. The Labute approximate surface area is 122 Å². The van der Waals surface area contributed by atoms with Crippen LogP contribution in [0.15, 0.2) is 17.5 Å². The van der Waals surface area contributed by atoms with E-state index in [1.165, 1.54) is 17.7 Å². The van der Waals surface area contributed by atoms with Gasteiger partial charge < -0.3 is 5.32 Å². The Hall–Kier alpha value is -1.13. The van der Waals surface area contributed by atoms with Crippen molar-refractivity contribution >= 4 is 28.8 Å². The van der Waals surface area contributed by atoms with Crippen LogP contribution in [0.4, 0.5) is 5.82 Å². The lowest BCUT2D eigenvalue weighted by atomic mass is 10.2. The summed E-state index contributed by atoms with van der Waals surface area (Å²) in [5.41, 5.74) is 0.925. The van der Waals surface area contributed by atoms with Crippen LogP contribution in [0.2, 0.25) is 5.15 Å². The quantitative estimate of drug-likeness (QED) is 0.840. The fourth-order valence-electron chi connectivity index (χ4n) is 1.98.